The van der Waals surface area contributed by atoms with E-state index in [2.05, 4.69) is 10.4 Å². The van der Waals surface area contributed by atoms with Gasteiger partial charge in [0.15, 0.2) is 12.0 Å². The SMILES string of the molecule is CCn1ncc2cc(/C=C/C(=O)C3=C(c4ccccc4)c4cc(Cl)ccc4NC3O)ccc21. The normalized spacial score (nSPS) is 15.7. The van der Waals surface area contributed by atoms with Crippen molar-refractivity contribution in [1.29, 1.82) is 0 Å². The Balaban J connectivity index is 1.58. The molecule has 6 heteroatoms. The van der Waals surface area contributed by atoms with Gasteiger partial charge in [-0.05, 0) is 54.5 Å². The van der Waals surface area contributed by atoms with E-state index in [0.29, 0.717) is 10.6 Å². The smallest absolute Gasteiger partial charge is 0.186 e. The zero-order chi connectivity index (χ0) is 22.9. The van der Waals surface area contributed by atoms with Crippen LogP contribution in [0.4, 0.5) is 5.69 Å². The van der Waals surface area contributed by atoms with Crippen molar-refractivity contribution in [2.24, 2.45) is 0 Å². The van der Waals surface area contributed by atoms with E-state index in [1.54, 1.807) is 12.1 Å². The molecule has 3 aromatic carbocycles. The molecule has 2 N–H and O–H groups in total. The number of allylic oxidation sites excluding steroid dienone is 1. The minimum atomic E-state index is -1.14. The molecule has 1 atom stereocenters. The van der Waals surface area contributed by atoms with E-state index in [1.807, 2.05) is 78.5 Å². The number of hydrogen-bond acceptors (Lipinski definition) is 4. The Labute approximate surface area is 196 Å². The maximum absolute atomic E-state index is 13.4. The van der Waals surface area contributed by atoms with E-state index in [1.165, 1.54) is 6.08 Å². The molecule has 5 rings (SSSR count). The van der Waals surface area contributed by atoms with Crippen LogP contribution in [0, 0.1) is 0 Å². The van der Waals surface area contributed by atoms with Crippen LogP contribution in [0.1, 0.15) is 23.6 Å². The van der Waals surface area contributed by atoms with Gasteiger partial charge in [0.05, 0.1) is 17.3 Å². The summed E-state index contributed by atoms with van der Waals surface area (Å²) in [7, 11) is 0. The van der Waals surface area contributed by atoms with E-state index in [0.717, 1.165) is 39.8 Å². The fourth-order valence-corrected chi connectivity index (χ4v) is 4.42. The fraction of sp³-hybridized carbons (Fsp3) is 0.111. The second-order valence-electron chi connectivity index (χ2n) is 7.87. The summed E-state index contributed by atoms with van der Waals surface area (Å²) in [4.78, 5) is 13.4. The molecular weight excluding hydrogens is 434 g/mol. The predicted octanol–water partition coefficient (Wildman–Crippen LogP) is 5.54. The highest BCUT2D eigenvalue weighted by molar-refractivity contribution is 6.31. The van der Waals surface area contributed by atoms with Gasteiger partial charge in [0.1, 0.15) is 0 Å². The maximum atomic E-state index is 13.4. The van der Waals surface area contributed by atoms with Crippen molar-refractivity contribution in [3.8, 4) is 0 Å². The van der Waals surface area contributed by atoms with Crippen molar-refractivity contribution in [2.45, 2.75) is 19.7 Å². The zero-order valence-corrected chi connectivity index (χ0v) is 18.8. The van der Waals surface area contributed by atoms with Crippen LogP contribution in [-0.4, -0.2) is 26.9 Å². The van der Waals surface area contributed by atoms with E-state index in [-0.39, 0.29) is 11.4 Å². The second-order valence-corrected chi connectivity index (χ2v) is 8.30. The average molecular weight is 456 g/mol. The minimum Gasteiger partial charge on any atom is -0.369 e. The molecule has 4 aromatic rings. The number of aromatic nitrogens is 2. The van der Waals surface area contributed by atoms with Gasteiger partial charge >= 0.3 is 0 Å². The van der Waals surface area contributed by atoms with Crippen molar-refractivity contribution in [1.82, 2.24) is 9.78 Å². The number of halogens is 1. The first-order valence-corrected chi connectivity index (χ1v) is 11.1. The molecule has 164 valence electrons. The first-order chi connectivity index (χ1) is 16.0. The van der Waals surface area contributed by atoms with E-state index in [4.69, 9.17) is 11.6 Å². The molecule has 0 bridgehead atoms. The number of aryl methyl sites for hydroxylation is 1. The van der Waals surface area contributed by atoms with E-state index < -0.39 is 6.23 Å². The Bertz CT molecular complexity index is 1420. The molecule has 0 spiro atoms. The molecule has 2 heterocycles. The van der Waals surface area contributed by atoms with Gasteiger partial charge in [-0.3, -0.25) is 9.48 Å². The molecule has 0 radical (unpaired) electrons. The molecule has 0 fully saturated rings. The number of aliphatic hydroxyl groups excluding tert-OH is 1. The third-order valence-corrected chi connectivity index (χ3v) is 6.04. The van der Waals surface area contributed by atoms with Gasteiger partial charge in [-0.15, -0.1) is 0 Å². The molecule has 1 aliphatic heterocycles. The zero-order valence-electron chi connectivity index (χ0n) is 18.0. The molecule has 0 aliphatic carbocycles. The van der Waals surface area contributed by atoms with Crippen LogP contribution in [0.5, 0.6) is 0 Å². The largest absolute Gasteiger partial charge is 0.369 e. The number of ketones is 1. The summed E-state index contributed by atoms with van der Waals surface area (Å²) < 4.78 is 1.93. The van der Waals surface area contributed by atoms with Crippen LogP contribution in [-0.2, 0) is 11.3 Å². The Morgan fingerprint density at radius 2 is 1.97 bits per heavy atom. The van der Waals surface area contributed by atoms with Gasteiger partial charge in [0.25, 0.3) is 0 Å². The van der Waals surface area contributed by atoms with Crippen LogP contribution < -0.4 is 5.32 Å². The van der Waals surface area contributed by atoms with Crippen molar-refractivity contribution in [3.63, 3.8) is 0 Å². The number of aliphatic hydroxyl groups is 1. The lowest BCUT2D eigenvalue weighted by Gasteiger charge is -2.28. The molecule has 1 aromatic heterocycles. The van der Waals surface area contributed by atoms with Crippen LogP contribution in [0.2, 0.25) is 5.02 Å². The first kappa shape index (κ1) is 21.2. The molecule has 1 unspecified atom stereocenters. The average Bonchev–Trinajstić information content (AvgIpc) is 3.25. The Hall–Kier alpha value is -3.67. The molecule has 1 aliphatic rings. The maximum Gasteiger partial charge on any atom is 0.186 e. The number of hydrogen-bond donors (Lipinski definition) is 2. The Kier molecular flexibility index (Phi) is 5.58. The van der Waals surface area contributed by atoms with Crippen molar-refractivity contribution >= 4 is 45.6 Å². The first-order valence-electron chi connectivity index (χ1n) is 10.8. The highest BCUT2D eigenvalue weighted by atomic mass is 35.5. The van der Waals surface area contributed by atoms with Crippen LogP contribution >= 0.6 is 11.6 Å². The van der Waals surface area contributed by atoms with Crippen LogP contribution in [0.25, 0.3) is 22.6 Å². The van der Waals surface area contributed by atoms with Gasteiger partial charge in [-0.25, -0.2) is 0 Å². The molecule has 0 saturated heterocycles. The molecular formula is C27H22ClN3O2. The number of nitrogens with one attached hydrogen (secondary N) is 1. The fourth-order valence-electron chi connectivity index (χ4n) is 4.25. The lowest BCUT2D eigenvalue weighted by Crippen LogP contribution is -2.30. The summed E-state index contributed by atoms with van der Waals surface area (Å²) in [6.07, 6.45) is 3.95. The van der Waals surface area contributed by atoms with Gasteiger partial charge < -0.3 is 10.4 Å². The summed E-state index contributed by atoms with van der Waals surface area (Å²) in [5.41, 5.74) is 5.24. The van der Waals surface area contributed by atoms with Gasteiger partial charge in [-0.2, -0.15) is 5.10 Å². The van der Waals surface area contributed by atoms with Crippen LogP contribution in [0.3, 0.4) is 0 Å². The van der Waals surface area contributed by atoms with E-state index in [9.17, 15) is 9.90 Å². The van der Waals surface area contributed by atoms with Gasteiger partial charge in [0.2, 0.25) is 0 Å². The number of fused-ring (bicyclic) bond motifs is 2. The summed E-state index contributed by atoms with van der Waals surface area (Å²) in [6, 6.07) is 20.9. The summed E-state index contributed by atoms with van der Waals surface area (Å²) in [5.74, 6) is -0.274. The van der Waals surface area contributed by atoms with Crippen LogP contribution in [0.15, 0.2) is 84.6 Å². The second kappa shape index (κ2) is 8.70. The molecule has 0 amide bonds. The minimum absolute atomic E-state index is 0.274. The van der Waals surface area contributed by atoms with Crippen molar-refractivity contribution < 1.29 is 9.90 Å². The van der Waals surface area contributed by atoms with Gasteiger partial charge in [-0.1, -0.05) is 54.1 Å². The number of benzene rings is 3. The van der Waals surface area contributed by atoms with Crippen molar-refractivity contribution in [2.75, 3.05) is 5.32 Å². The number of nitrogens with zero attached hydrogens (tertiary/aromatic N) is 2. The lowest BCUT2D eigenvalue weighted by molar-refractivity contribution is -0.112. The highest BCUT2D eigenvalue weighted by Gasteiger charge is 2.30. The number of carbonyl (C=O) groups is 1. The Morgan fingerprint density at radius 3 is 2.76 bits per heavy atom. The third kappa shape index (κ3) is 3.97. The number of anilines is 1. The standard InChI is InChI=1S/C27H22ClN3O2/c1-2-31-23-12-8-17(14-19(23)16-29-31)9-13-24(32)26-25(18-6-4-3-5-7-18)21-15-20(28)10-11-22(21)30-27(26)33/h3-16,27,30,33H,2H2,1H3/b13-9+. The summed E-state index contributed by atoms with van der Waals surface area (Å²) in [5, 5.41) is 19.9. The Morgan fingerprint density at radius 1 is 1.15 bits per heavy atom. The highest BCUT2D eigenvalue weighted by Crippen LogP contribution is 2.39. The summed E-state index contributed by atoms with van der Waals surface area (Å²) in [6.45, 7) is 2.84. The number of carbonyl (C=O) groups excluding carboxylic acids is 1. The quantitative estimate of drug-likeness (QED) is 0.388. The molecule has 33 heavy (non-hydrogen) atoms. The number of rotatable bonds is 5. The summed E-state index contributed by atoms with van der Waals surface area (Å²) >= 11 is 6.28. The van der Waals surface area contributed by atoms with Crippen molar-refractivity contribution in [3.05, 3.63) is 106 Å². The topological polar surface area (TPSA) is 67.2 Å². The monoisotopic (exact) mass is 455 g/mol. The lowest BCUT2D eigenvalue weighted by atomic mass is 9.86. The predicted molar refractivity (Wildman–Crippen MR) is 133 cm³/mol. The van der Waals surface area contributed by atoms with Gasteiger partial charge in [0, 0.05) is 33.8 Å². The molecule has 5 nitrogen and oxygen atoms in total. The molecule has 0 saturated carbocycles. The third-order valence-electron chi connectivity index (χ3n) is 5.81. The van der Waals surface area contributed by atoms with E-state index >= 15 is 0 Å².